The van der Waals surface area contributed by atoms with E-state index in [0.717, 1.165) is 48.1 Å². The van der Waals surface area contributed by atoms with Crippen molar-refractivity contribution >= 4 is 39.7 Å². The van der Waals surface area contributed by atoms with Crippen molar-refractivity contribution < 1.29 is 9.53 Å². The van der Waals surface area contributed by atoms with E-state index in [9.17, 15) is 4.79 Å². The maximum Gasteiger partial charge on any atom is 0.230 e. The van der Waals surface area contributed by atoms with Crippen LogP contribution in [0.25, 0.3) is 5.57 Å². The number of benzene rings is 1. The van der Waals surface area contributed by atoms with Crippen LogP contribution in [0.15, 0.2) is 48.0 Å². The molecule has 1 aromatic heterocycles. The van der Waals surface area contributed by atoms with E-state index < -0.39 is 0 Å². The highest BCUT2D eigenvalue weighted by Crippen LogP contribution is 2.23. The Hall–Kier alpha value is -2.29. The third kappa shape index (κ3) is 5.85. The number of carbonyl (C=O) groups excluding carboxylic acids is 1. The molecular weight excluding hydrogens is 404 g/mol. The molecule has 152 valence electrons. The Labute approximate surface area is 179 Å². The summed E-state index contributed by atoms with van der Waals surface area (Å²) in [5.74, 6) is 3.03. The van der Waals surface area contributed by atoms with Gasteiger partial charge in [0.05, 0.1) is 12.1 Å². The molecule has 2 aliphatic rings. The van der Waals surface area contributed by atoms with Gasteiger partial charge in [-0.25, -0.2) is 4.98 Å². The predicted molar refractivity (Wildman–Crippen MR) is 120 cm³/mol. The van der Waals surface area contributed by atoms with E-state index in [0.29, 0.717) is 18.2 Å². The minimum absolute atomic E-state index is 0.0769. The zero-order valence-corrected chi connectivity index (χ0v) is 17.7. The average molecular weight is 429 g/mol. The molecule has 1 saturated heterocycles. The van der Waals surface area contributed by atoms with Crippen LogP contribution in [0.1, 0.15) is 11.3 Å². The summed E-state index contributed by atoms with van der Waals surface area (Å²) >= 11 is 3.40. The highest BCUT2D eigenvalue weighted by Gasteiger charge is 2.12. The van der Waals surface area contributed by atoms with Crippen molar-refractivity contribution in [3.05, 3.63) is 59.3 Å². The Kier molecular flexibility index (Phi) is 6.87. The van der Waals surface area contributed by atoms with Crippen LogP contribution < -0.4 is 15.4 Å². The molecule has 0 atom stereocenters. The largest absolute Gasteiger partial charge is 0.492 e. The monoisotopic (exact) mass is 428 g/mol. The molecular formula is C21H24N4O2S2. The quantitative estimate of drug-likeness (QED) is 0.673. The van der Waals surface area contributed by atoms with Crippen molar-refractivity contribution in [1.82, 2.24) is 15.2 Å². The second-order valence-electron chi connectivity index (χ2n) is 6.82. The predicted octanol–water partition coefficient (Wildman–Crippen LogP) is 3.21. The average Bonchev–Trinajstić information content (AvgIpc) is 3.41. The molecule has 1 aromatic carbocycles. The van der Waals surface area contributed by atoms with Crippen LogP contribution in [0.3, 0.4) is 0 Å². The van der Waals surface area contributed by atoms with Crippen molar-refractivity contribution in [3.63, 3.8) is 0 Å². The summed E-state index contributed by atoms with van der Waals surface area (Å²) < 4.78 is 5.87. The summed E-state index contributed by atoms with van der Waals surface area (Å²) in [6.07, 6.45) is 6.26. The Balaban J connectivity index is 1.27. The van der Waals surface area contributed by atoms with Crippen LogP contribution in [-0.2, 0) is 11.2 Å². The van der Waals surface area contributed by atoms with Crippen LogP contribution in [0.2, 0.25) is 0 Å². The molecule has 0 spiro atoms. The van der Waals surface area contributed by atoms with E-state index in [2.05, 4.69) is 26.6 Å². The Morgan fingerprint density at radius 1 is 1.38 bits per heavy atom. The van der Waals surface area contributed by atoms with Gasteiger partial charge in [0.25, 0.3) is 0 Å². The molecule has 8 heteroatoms. The van der Waals surface area contributed by atoms with Gasteiger partial charge in [-0.3, -0.25) is 9.69 Å². The van der Waals surface area contributed by atoms with Gasteiger partial charge in [0.15, 0.2) is 5.13 Å². The smallest absolute Gasteiger partial charge is 0.230 e. The molecule has 2 N–H and O–H groups in total. The Morgan fingerprint density at radius 2 is 2.34 bits per heavy atom. The first kappa shape index (κ1) is 20.0. The molecule has 1 fully saturated rings. The fourth-order valence-corrected chi connectivity index (χ4v) is 4.89. The summed E-state index contributed by atoms with van der Waals surface area (Å²) in [5, 5.41) is 8.60. The fraction of sp³-hybridized carbons (Fsp3) is 0.333. The molecule has 0 bridgehead atoms. The summed E-state index contributed by atoms with van der Waals surface area (Å²) in [6, 6.07) is 7.76. The van der Waals surface area contributed by atoms with Gasteiger partial charge in [0, 0.05) is 42.2 Å². The van der Waals surface area contributed by atoms with Crippen LogP contribution in [-0.4, -0.2) is 53.7 Å². The number of dihydropyridines is 1. The van der Waals surface area contributed by atoms with Gasteiger partial charge < -0.3 is 15.4 Å². The number of carbonyl (C=O) groups is 1. The lowest BCUT2D eigenvalue weighted by Crippen LogP contribution is -2.25. The third-order valence-electron chi connectivity index (χ3n) is 4.63. The first-order valence-corrected chi connectivity index (χ1v) is 11.7. The van der Waals surface area contributed by atoms with Gasteiger partial charge in [-0.1, -0.05) is 18.2 Å². The lowest BCUT2D eigenvalue weighted by molar-refractivity contribution is -0.115. The van der Waals surface area contributed by atoms with Crippen molar-refractivity contribution in [3.8, 4) is 5.75 Å². The Bertz CT molecular complexity index is 904. The zero-order chi connectivity index (χ0) is 19.9. The molecule has 0 unspecified atom stereocenters. The lowest BCUT2D eigenvalue weighted by Gasteiger charge is -2.14. The number of allylic oxidation sites excluding steroid dienone is 2. The van der Waals surface area contributed by atoms with Gasteiger partial charge in [-0.2, -0.15) is 0 Å². The summed E-state index contributed by atoms with van der Waals surface area (Å²) in [4.78, 5) is 19.3. The number of rotatable bonds is 8. The number of hydrogen-bond donors (Lipinski definition) is 2. The van der Waals surface area contributed by atoms with E-state index >= 15 is 0 Å². The SMILES string of the molecule is O=C(Cc1cccc(OCCN2CCSC2)c1)Nc1nc(C2=CCNC=C2)cs1. The minimum Gasteiger partial charge on any atom is -0.492 e. The lowest BCUT2D eigenvalue weighted by atomic mass is 10.1. The van der Waals surface area contributed by atoms with Crippen molar-refractivity contribution in [2.45, 2.75) is 6.42 Å². The van der Waals surface area contributed by atoms with Crippen LogP contribution in [0, 0.1) is 0 Å². The second kappa shape index (κ2) is 9.96. The van der Waals surface area contributed by atoms with Crippen LogP contribution in [0.5, 0.6) is 5.75 Å². The van der Waals surface area contributed by atoms with Gasteiger partial charge in [0.2, 0.25) is 5.91 Å². The fourth-order valence-electron chi connectivity index (χ4n) is 3.12. The minimum atomic E-state index is -0.0769. The number of anilines is 1. The molecule has 0 radical (unpaired) electrons. The van der Waals surface area contributed by atoms with E-state index in [1.165, 1.54) is 17.1 Å². The number of nitrogens with one attached hydrogen (secondary N) is 2. The molecule has 6 nitrogen and oxygen atoms in total. The van der Waals surface area contributed by atoms with Crippen molar-refractivity contribution in [1.29, 1.82) is 0 Å². The number of hydrogen-bond acceptors (Lipinski definition) is 7. The number of thioether (sulfide) groups is 1. The first-order valence-electron chi connectivity index (χ1n) is 9.64. The molecule has 4 rings (SSSR count). The molecule has 1 amide bonds. The van der Waals surface area contributed by atoms with Gasteiger partial charge >= 0.3 is 0 Å². The standard InChI is InChI=1S/C21H24N4O2S2/c26-20(24-21-23-19(14-29-21)17-4-6-22-7-5-17)13-16-2-1-3-18(12-16)27-10-8-25-9-11-28-15-25/h1-6,12,14,22H,7-11,13,15H2,(H,23,24,26). The number of ether oxygens (including phenoxy) is 1. The number of aromatic nitrogens is 1. The molecule has 3 heterocycles. The first-order chi connectivity index (χ1) is 14.3. The van der Waals surface area contributed by atoms with E-state index in [1.807, 2.05) is 53.7 Å². The highest BCUT2D eigenvalue weighted by atomic mass is 32.2. The number of thiazole rings is 1. The van der Waals surface area contributed by atoms with E-state index in [1.54, 1.807) is 0 Å². The second-order valence-corrected chi connectivity index (χ2v) is 8.75. The van der Waals surface area contributed by atoms with Gasteiger partial charge in [0.1, 0.15) is 12.4 Å². The Morgan fingerprint density at radius 3 is 3.17 bits per heavy atom. The van der Waals surface area contributed by atoms with E-state index in [-0.39, 0.29) is 5.91 Å². The number of nitrogens with zero attached hydrogens (tertiary/aromatic N) is 2. The van der Waals surface area contributed by atoms with Crippen molar-refractivity contribution in [2.24, 2.45) is 0 Å². The summed E-state index contributed by atoms with van der Waals surface area (Å²) in [7, 11) is 0. The maximum absolute atomic E-state index is 12.4. The molecule has 0 aliphatic carbocycles. The van der Waals surface area contributed by atoms with E-state index in [4.69, 9.17) is 4.74 Å². The molecule has 2 aliphatic heterocycles. The number of amides is 1. The molecule has 29 heavy (non-hydrogen) atoms. The van der Waals surface area contributed by atoms with Gasteiger partial charge in [-0.05, 0) is 30.0 Å². The normalized spacial score (nSPS) is 16.3. The van der Waals surface area contributed by atoms with Crippen LogP contribution in [0.4, 0.5) is 5.13 Å². The molecule has 2 aromatic rings. The van der Waals surface area contributed by atoms with Gasteiger partial charge in [-0.15, -0.1) is 23.1 Å². The summed E-state index contributed by atoms with van der Waals surface area (Å²) in [5.41, 5.74) is 2.88. The summed E-state index contributed by atoms with van der Waals surface area (Å²) in [6.45, 7) is 3.53. The molecule has 0 saturated carbocycles. The zero-order valence-electron chi connectivity index (χ0n) is 16.1. The van der Waals surface area contributed by atoms with Crippen molar-refractivity contribution in [2.75, 3.05) is 43.2 Å². The van der Waals surface area contributed by atoms with Crippen LogP contribution >= 0.6 is 23.1 Å². The topological polar surface area (TPSA) is 66.5 Å². The third-order valence-corrected chi connectivity index (χ3v) is 6.41. The highest BCUT2D eigenvalue weighted by molar-refractivity contribution is 7.99. The maximum atomic E-state index is 12.4.